The first kappa shape index (κ1) is 17.3. The van der Waals surface area contributed by atoms with Crippen LogP contribution >= 0.6 is 0 Å². The van der Waals surface area contributed by atoms with Gasteiger partial charge in [0.2, 0.25) is 0 Å². The zero-order valence-corrected chi connectivity index (χ0v) is 14.3. The smallest absolute Gasteiger partial charge is 0.338 e. The van der Waals surface area contributed by atoms with E-state index in [2.05, 4.69) is 38.6 Å². The summed E-state index contributed by atoms with van der Waals surface area (Å²) >= 11 is 0. The van der Waals surface area contributed by atoms with E-state index < -0.39 is 26.0 Å². The van der Waals surface area contributed by atoms with Gasteiger partial charge in [-0.25, -0.2) is 4.79 Å². The predicted octanol–water partition coefficient (Wildman–Crippen LogP) is 2.03. The monoisotopic (exact) mass is 302 g/mol. The van der Waals surface area contributed by atoms with Crippen molar-refractivity contribution in [1.82, 2.24) is 0 Å². The van der Waals surface area contributed by atoms with Crippen LogP contribution < -0.4 is 0 Å². The van der Waals surface area contributed by atoms with Gasteiger partial charge in [0.1, 0.15) is 6.10 Å². The average Bonchev–Trinajstić information content (AvgIpc) is 2.30. The Morgan fingerprint density at radius 3 is 2.35 bits per heavy atom. The van der Waals surface area contributed by atoms with Gasteiger partial charge in [-0.3, -0.25) is 4.79 Å². The molecule has 1 aliphatic carbocycles. The number of Topliss-reactive ketones (excluding diaryl/α,β-unsaturated/α-hetero) is 1. The number of esters is 1. The third-order valence-corrected chi connectivity index (χ3v) is 8.94. The maximum Gasteiger partial charge on any atom is 0.338 e. The molecular weight excluding hydrogens is 276 g/mol. The summed E-state index contributed by atoms with van der Waals surface area (Å²) in [4.78, 5) is 23.7. The molecule has 0 aromatic carbocycles. The molecule has 1 rings (SSSR count). The molecule has 116 valence electrons. The zero-order valence-electron chi connectivity index (χ0n) is 13.3. The van der Waals surface area contributed by atoms with Crippen LogP contribution in [0, 0.1) is 0 Å². The molecule has 6 heteroatoms. The lowest BCUT2D eigenvalue weighted by Gasteiger charge is -2.41. The van der Waals surface area contributed by atoms with Crippen molar-refractivity contribution in [2.45, 2.75) is 69.9 Å². The van der Waals surface area contributed by atoms with Crippen LogP contribution in [0.3, 0.4) is 0 Å². The minimum absolute atomic E-state index is 0.0172. The molecule has 20 heavy (non-hydrogen) atoms. The second kappa shape index (κ2) is 5.58. The van der Waals surface area contributed by atoms with E-state index >= 15 is 0 Å². The quantitative estimate of drug-likeness (QED) is 0.638. The second-order valence-electron chi connectivity index (χ2n) is 7.07. The molecule has 0 unspecified atom stereocenters. The topological polar surface area (TPSA) is 72.8 Å². The Morgan fingerprint density at radius 2 is 1.95 bits per heavy atom. The van der Waals surface area contributed by atoms with Gasteiger partial charge < -0.3 is 14.3 Å². The SMILES string of the molecule is COC(=O)[C@]1(O)CC[C@@H](O[Si](C)(C)C(C)(C)C)C(=O)C1. The van der Waals surface area contributed by atoms with Crippen LogP contribution in [0.5, 0.6) is 0 Å². The van der Waals surface area contributed by atoms with Crippen LogP contribution in [0.1, 0.15) is 40.0 Å². The molecule has 0 aromatic heterocycles. The van der Waals surface area contributed by atoms with Crippen LogP contribution in [0.15, 0.2) is 0 Å². The third-order valence-electron chi connectivity index (χ3n) is 4.45. The summed E-state index contributed by atoms with van der Waals surface area (Å²) in [6, 6.07) is 0. The Bertz CT molecular complexity index is 399. The van der Waals surface area contributed by atoms with E-state index in [1.54, 1.807) is 0 Å². The van der Waals surface area contributed by atoms with Gasteiger partial charge in [-0.05, 0) is 31.0 Å². The largest absolute Gasteiger partial charge is 0.467 e. The van der Waals surface area contributed by atoms with Crippen LogP contribution in [-0.4, -0.2) is 44.0 Å². The highest BCUT2D eigenvalue weighted by Gasteiger charge is 2.48. The molecule has 0 heterocycles. The van der Waals surface area contributed by atoms with Crippen molar-refractivity contribution in [2.24, 2.45) is 0 Å². The number of rotatable bonds is 3. The Hall–Kier alpha value is -0.723. The zero-order chi connectivity index (χ0) is 15.8. The summed E-state index contributed by atoms with van der Waals surface area (Å²) in [6.45, 7) is 10.5. The van der Waals surface area contributed by atoms with Crippen molar-refractivity contribution < 1.29 is 23.9 Å². The molecule has 1 saturated carbocycles. The van der Waals surface area contributed by atoms with E-state index in [0.717, 1.165) is 0 Å². The molecule has 1 aliphatic rings. The first-order chi connectivity index (χ1) is 8.93. The third kappa shape index (κ3) is 3.48. The van der Waals surface area contributed by atoms with Gasteiger partial charge in [0.05, 0.1) is 7.11 Å². The van der Waals surface area contributed by atoms with Crippen LogP contribution in [0.2, 0.25) is 18.1 Å². The van der Waals surface area contributed by atoms with Crippen molar-refractivity contribution in [3.63, 3.8) is 0 Å². The molecular formula is C14H26O5Si. The van der Waals surface area contributed by atoms with Gasteiger partial charge in [0, 0.05) is 6.42 Å². The van der Waals surface area contributed by atoms with E-state index in [9.17, 15) is 14.7 Å². The number of aliphatic hydroxyl groups is 1. The van der Waals surface area contributed by atoms with Crippen LogP contribution in [0.4, 0.5) is 0 Å². The van der Waals surface area contributed by atoms with Crippen molar-refractivity contribution in [3.05, 3.63) is 0 Å². The molecule has 0 aliphatic heterocycles. The molecule has 1 N–H and O–H groups in total. The first-order valence-electron chi connectivity index (χ1n) is 6.94. The lowest BCUT2D eigenvalue weighted by Crippen LogP contribution is -2.52. The predicted molar refractivity (Wildman–Crippen MR) is 77.9 cm³/mol. The van der Waals surface area contributed by atoms with Crippen molar-refractivity contribution in [2.75, 3.05) is 7.11 Å². The van der Waals surface area contributed by atoms with Gasteiger partial charge in [-0.2, -0.15) is 0 Å². The number of methoxy groups -OCH3 is 1. The van der Waals surface area contributed by atoms with Gasteiger partial charge in [-0.15, -0.1) is 0 Å². The molecule has 0 bridgehead atoms. The van der Waals surface area contributed by atoms with E-state index in [-0.39, 0.29) is 23.7 Å². The van der Waals surface area contributed by atoms with E-state index in [0.29, 0.717) is 6.42 Å². The fourth-order valence-corrected chi connectivity index (χ4v) is 3.36. The molecule has 0 aromatic rings. The summed E-state index contributed by atoms with van der Waals surface area (Å²) in [6.07, 6.45) is -0.179. The summed E-state index contributed by atoms with van der Waals surface area (Å²) in [5, 5.41) is 10.2. The van der Waals surface area contributed by atoms with Crippen LogP contribution in [-0.2, 0) is 18.8 Å². The summed E-state index contributed by atoms with van der Waals surface area (Å²) in [5.74, 6) is -0.953. The second-order valence-corrected chi connectivity index (χ2v) is 11.8. The number of hydrogen-bond donors (Lipinski definition) is 1. The highest BCUT2D eigenvalue weighted by molar-refractivity contribution is 6.74. The van der Waals surface area contributed by atoms with E-state index in [1.165, 1.54) is 7.11 Å². The Kier molecular flexibility index (Phi) is 4.83. The number of ketones is 1. The van der Waals surface area contributed by atoms with E-state index in [1.807, 2.05) is 0 Å². The number of hydrogen-bond acceptors (Lipinski definition) is 5. The Balaban J connectivity index is 2.76. The highest BCUT2D eigenvalue weighted by atomic mass is 28.4. The van der Waals surface area contributed by atoms with Gasteiger partial charge >= 0.3 is 5.97 Å². The number of carbonyl (C=O) groups is 2. The van der Waals surface area contributed by atoms with Gasteiger partial charge in [-0.1, -0.05) is 20.8 Å². The van der Waals surface area contributed by atoms with Gasteiger partial charge in [0.25, 0.3) is 0 Å². The maximum atomic E-state index is 12.2. The average molecular weight is 302 g/mol. The molecule has 1 fully saturated rings. The molecule has 0 radical (unpaired) electrons. The number of ether oxygens (including phenoxy) is 1. The normalized spacial score (nSPS) is 28.4. The van der Waals surface area contributed by atoms with Crippen molar-refractivity contribution >= 4 is 20.1 Å². The fraction of sp³-hybridized carbons (Fsp3) is 0.857. The summed E-state index contributed by atoms with van der Waals surface area (Å²) < 4.78 is 10.6. The minimum atomic E-state index is -2.03. The number of carbonyl (C=O) groups excluding carboxylic acids is 2. The molecule has 2 atom stereocenters. The standard InChI is InChI=1S/C14H26O5Si/c1-13(2,3)20(5,6)19-11-7-8-14(17,9-10(11)15)12(16)18-4/h11,17H,7-9H2,1-6H3/t11-,14+/m1/s1. The van der Waals surface area contributed by atoms with Crippen molar-refractivity contribution in [1.29, 1.82) is 0 Å². The molecule has 0 spiro atoms. The maximum absolute atomic E-state index is 12.2. The van der Waals surface area contributed by atoms with E-state index in [4.69, 9.17) is 4.43 Å². The summed E-state index contributed by atoms with van der Waals surface area (Å²) in [5.41, 5.74) is -1.68. The fourth-order valence-electron chi connectivity index (χ4n) is 2.04. The van der Waals surface area contributed by atoms with Crippen LogP contribution in [0.25, 0.3) is 0 Å². The van der Waals surface area contributed by atoms with Gasteiger partial charge in [0.15, 0.2) is 19.7 Å². The minimum Gasteiger partial charge on any atom is -0.467 e. The summed E-state index contributed by atoms with van der Waals surface area (Å²) in [7, 11) is -0.823. The first-order valence-corrected chi connectivity index (χ1v) is 9.85. The highest BCUT2D eigenvalue weighted by Crippen LogP contribution is 2.39. The molecule has 0 saturated heterocycles. The lowest BCUT2D eigenvalue weighted by molar-refractivity contribution is -0.170. The molecule has 5 nitrogen and oxygen atoms in total. The van der Waals surface area contributed by atoms with Crippen molar-refractivity contribution in [3.8, 4) is 0 Å². The molecule has 0 amide bonds. The lowest BCUT2D eigenvalue weighted by atomic mass is 9.82. The Morgan fingerprint density at radius 1 is 1.40 bits per heavy atom. The Labute approximate surface area is 121 Å².